The van der Waals surface area contributed by atoms with Gasteiger partial charge in [0.1, 0.15) is 0 Å². The van der Waals surface area contributed by atoms with Gasteiger partial charge in [-0.2, -0.15) is 0 Å². The Balaban J connectivity index is 2.24. The number of benzene rings is 2. The van der Waals surface area contributed by atoms with Crippen molar-refractivity contribution in [3.05, 3.63) is 64.1 Å². The second kappa shape index (κ2) is 6.73. The average molecular weight is 320 g/mol. The number of methoxy groups -OCH3 is 1. The first-order valence-corrected chi connectivity index (χ1v) is 7.07. The second-order valence-electron chi connectivity index (χ2n) is 4.48. The van der Waals surface area contributed by atoms with E-state index in [0.29, 0.717) is 6.61 Å². The van der Waals surface area contributed by atoms with Crippen molar-refractivity contribution < 1.29 is 4.74 Å². The second-order valence-corrected chi connectivity index (χ2v) is 5.33. The number of hydrogen-bond donors (Lipinski definition) is 1. The summed E-state index contributed by atoms with van der Waals surface area (Å²) in [5, 5.41) is 3.55. The Bertz CT molecular complexity index is 528. The maximum Gasteiger partial charge on any atom is 0.0747 e. The Morgan fingerprint density at radius 3 is 2.53 bits per heavy atom. The van der Waals surface area contributed by atoms with E-state index in [1.807, 2.05) is 30.3 Å². The van der Waals surface area contributed by atoms with Crippen LogP contribution in [0.4, 0.5) is 5.69 Å². The van der Waals surface area contributed by atoms with Gasteiger partial charge in [-0.25, -0.2) is 0 Å². The van der Waals surface area contributed by atoms with E-state index in [2.05, 4.69) is 46.4 Å². The zero-order valence-corrected chi connectivity index (χ0v) is 12.8. The van der Waals surface area contributed by atoms with Crippen molar-refractivity contribution in [1.82, 2.24) is 0 Å². The molecule has 2 aromatic carbocycles. The van der Waals surface area contributed by atoms with Crippen molar-refractivity contribution in [1.29, 1.82) is 0 Å². The van der Waals surface area contributed by atoms with Gasteiger partial charge in [-0.05, 0) is 30.2 Å². The zero-order valence-electron chi connectivity index (χ0n) is 11.2. The molecule has 0 aliphatic carbocycles. The van der Waals surface area contributed by atoms with Crippen LogP contribution in [-0.4, -0.2) is 13.7 Å². The van der Waals surface area contributed by atoms with Gasteiger partial charge in [-0.1, -0.05) is 52.3 Å². The maximum atomic E-state index is 5.33. The van der Waals surface area contributed by atoms with Crippen molar-refractivity contribution >= 4 is 21.6 Å². The standard InChI is InChI=1S/C16H18BrNO/c1-12-14(17)9-6-10-15(12)18-16(11-19-2)13-7-4-3-5-8-13/h3-10,16,18H,11H2,1-2H3. The van der Waals surface area contributed by atoms with Crippen molar-refractivity contribution in [2.75, 3.05) is 19.0 Å². The lowest BCUT2D eigenvalue weighted by molar-refractivity contribution is 0.186. The highest BCUT2D eigenvalue weighted by molar-refractivity contribution is 9.10. The summed E-state index contributed by atoms with van der Waals surface area (Å²) < 4.78 is 6.44. The van der Waals surface area contributed by atoms with Gasteiger partial charge in [-0.15, -0.1) is 0 Å². The fourth-order valence-corrected chi connectivity index (χ4v) is 2.39. The van der Waals surface area contributed by atoms with Gasteiger partial charge in [0.25, 0.3) is 0 Å². The van der Waals surface area contributed by atoms with E-state index < -0.39 is 0 Å². The SMILES string of the molecule is COCC(Nc1cccc(Br)c1C)c1ccccc1. The monoisotopic (exact) mass is 319 g/mol. The van der Waals surface area contributed by atoms with Gasteiger partial charge in [0.05, 0.1) is 12.6 Å². The number of hydrogen-bond acceptors (Lipinski definition) is 2. The molecule has 3 heteroatoms. The van der Waals surface area contributed by atoms with E-state index in [4.69, 9.17) is 4.74 Å². The topological polar surface area (TPSA) is 21.3 Å². The fourth-order valence-electron chi connectivity index (χ4n) is 2.02. The lowest BCUT2D eigenvalue weighted by Gasteiger charge is -2.21. The molecule has 0 fully saturated rings. The van der Waals surface area contributed by atoms with Gasteiger partial charge < -0.3 is 10.1 Å². The van der Waals surface area contributed by atoms with Gasteiger partial charge in [0.2, 0.25) is 0 Å². The summed E-state index contributed by atoms with van der Waals surface area (Å²) in [4.78, 5) is 0. The highest BCUT2D eigenvalue weighted by Gasteiger charge is 2.12. The molecule has 0 heterocycles. The van der Waals surface area contributed by atoms with E-state index in [9.17, 15) is 0 Å². The third-order valence-corrected chi connectivity index (χ3v) is 3.99. The molecule has 0 spiro atoms. The minimum Gasteiger partial charge on any atom is -0.382 e. The number of ether oxygens (including phenoxy) is 1. The predicted octanol–water partition coefficient (Wildman–Crippen LogP) is 4.56. The normalized spacial score (nSPS) is 12.2. The van der Waals surface area contributed by atoms with Crippen molar-refractivity contribution in [3.63, 3.8) is 0 Å². The highest BCUT2D eigenvalue weighted by atomic mass is 79.9. The van der Waals surface area contributed by atoms with Gasteiger partial charge in [-0.3, -0.25) is 0 Å². The third kappa shape index (κ3) is 3.58. The Kier molecular flexibility index (Phi) is 5.00. The number of rotatable bonds is 5. The Morgan fingerprint density at radius 1 is 1.11 bits per heavy atom. The molecule has 2 aromatic rings. The molecule has 0 radical (unpaired) electrons. The molecule has 0 aromatic heterocycles. The molecule has 19 heavy (non-hydrogen) atoms. The molecule has 0 saturated carbocycles. The van der Waals surface area contributed by atoms with Crippen LogP contribution in [0.3, 0.4) is 0 Å². The first-order chi connectivity index (χ1) is 9.22. The van der Waals surface area contributed by atoms with E-state index in [1.54, 1.807) is 7.11 Å². The summed E-state index contributed by atoms with van der Waals surface area (Å²) in [6.45, 7) is 2.73. The Labute approximate surface area is 122 Å². The predicted molar refractivity (Wildman–Crippen MR) is 83.6 cm³/mol. The number of nitrogens with one attached hydrogen (secondary N) is 1. The van der Waals surface area contributed by atoms with Crippen molar-refractivity contribution in [2.24, 2.45) is 0 Å². The molecule has 2 rings (SSSR count). The molecule has 1 N–H and O–H groups in total. The molecule has 1 unspecified atom stereocenters. The van der Waals surface area contributed by atoms with Crippen molar-refractivity contribution in [2.45, 2.75) is 13.0 Å². The van der Waals surface area contributed by atoms with Crippen LogP contribution in [0.1, 0.15) is 17.2 Å². The van der Waals surface area contributed by atoms with Crippen LogP contribution in [0.25, 0.3) is 0 Å². The van der Waals surface area contributed by atoms with E-state index in [1.165, 1.54) is 11.1 Å². The molecule has 0 saturated heterocycles. The van der Waals surface area contributed by atoms with Crippen molar-refractivity contribution in [3.8, 4) is 0 Å². The van der Waals surface area contributed by atoms with E-state index in [0.717, 1.165) is 10.2 Å². The summed E-state index contributed by atoms with van der Waals surface area (Å²) >= 11 is 3.56. The number of anilines is 1. The molecule has 1 atom stereocenters. The zero-order chi connectivity index (χ0) is 13.7. The minimum absolute atomic E-state index is 0.152. The van der Waals surface area contributed by atoms with Crippen LogP contribution in [-0.2, 0) is 4.74 Å². The van der Waals surface area contributed by atoms with E-state index in [-0.39, 0.29) is 6.04 Å². The van der Waals surface area contributed by atoms with Crippen LogP contribution in [0.5, 0.6) is 0 Å². The highest BCUT2D eigenvalue weighted by Crippen LogP contribution is 2.27. The largest absolute Gasteiger partial charge is 0.382 e. The molecule has 0 aliphatic rings. The third-order valence-electron chi connectivity index (χ3n) is 3.13. The van der Waals surface area contributed by atoms with Crippen LogP contribution in [0, 0.1) is 6.92 Å². The summed E-state index contributed by atoms with van der Waals surface area (Å²) in [6, 6.07) is 16.7. The minimum atomic E-state index is 0.152. The number of halogens is 1. The van der Waals surface area contributed by atoms with Crippen LogP contribution in [0.15, 0.2) is 53.0 Å². The summed E-state index contributed by atoms with van der Waals surface area (Å²) in [5.74, 6) is 0. The van der Waals surface area contributed by atoms with Crippen LogP contribution >= 0.6 is 15.9 Å². The first-order valence-electron chi connectivity index (χ1n) is 6.28. The summed E-state index contributed by atoms with van der Waals surface area (Å²) in [5.41, 5.74) is 3.56. The first kappa shape index (κ1) is 14.1. The fraction of sp³-hybridized carbons (Fsp3) is 0.250. The lowest BCUT2D eigenvalue weighted by Crippen LogP contribution is -2.16. The smallest absolute Gasteiger partial charge is 0.0747 e. The molecule has 100 valence electrons. The molecule has 0 amide bonds. The van der Waals surface area contributed by atoms with Crippen LogP contribution < -0.4 is 5.32 Å². The molecule has 0 aliphatic heterocycles. The van der Waals surface area contributed by atoms with Gasteiger partial charge in [0, 0.05) is 17.3 Å². The van der Waals surface area contributed by atoms with Gasteiger partial charge in [0.15, 0.2) is 0 Å². The molecule has 0 bridgehead atoms. The lowest BCUT2D eigenvalue weighted by atomic mass is 10.1. The molecular formula is C16H18BrNO. The molecule has 2 nitrogen and oxygen atoms in total. The summed E-state index contributed by atoms with van der Waals surface area (Å²) in [7, 11) is 1.73. The van der Waals surface area contributed by atoms with Gasteiger partial charge >= 0.3 is 0 Å². The van der Waals surface area contributed by atoms with Crippen LogP contribution in [0.2, 0.25) is 0 Å². The quantitative estimate of drug-likeness (QED) is 0.872. The maximum absolute atomic E-state index is 5.33. The average Bonchev–Trinajstić information content (AvgIpc) is 2.44. The Morgan fingerprint density at radius 2 is 1.84 bits per heavy atom. The van der Waals surface area contributed by atoms with E-state index >= 15 is 0 Å². The Hall–Kier alpha value is -1.32. The summed E-state index contributed by atoms with van der Waals surface area (Å²) in [6.07, 6.45) is 0. The molecular weight excluding hydrogens is 302 g/mol.